The Balaban J connectivity index is 1.35. The van der Waals surface area contributed by atoms with Gasteiger partial charge in [-0.25, -0.2) is 0 Å². The molecule has 0 spiro atoms. The van der Waals surface area contributed by atoms with Gasteiger partial charge in [-0.15, -0.1) is 0 Å². The Hall–Kier alpha value is -2.51. The van der Waals surface area contributed by atoms with Crippen molar-refractivity contribution >= 4 is 0 Å². The van der Waals surface area contributed by atoms with Crippen LogP contribution in [-0.2, 0) is 6.54 Å². The molecular formula is C19H23N5O2. The van der Waals surface area contributed by atoms with Gasteiger partial charge in [-0.3, -0.25) is 9.80 Å². The molecule has 1 fully saturated rings. The molecule has 1 aliphatic heterocycles. The lowest BCUT2D eigenvalue weighted by molar-refractivity contribution is 0.0833. The summed E-state index contributed by atoms with van der Waals surface area (Å²) in [6.07, 6.45) is 0. The molecule has 1 atom stereocenters. The largest absolute Gasteiger partial charge is 0.361 e. The molecule has 0 aliphatic carbocycles. The molecular weight excluding hydrogens is 330 g/mol. The molecule has 4 rings (SSSR count). The van der Waals surface area contributed by atoms with E-state index in [1.54, 1.807) is 0 Å². The van der Waals surface area contributed by atoms with Crippen LogP contribution in [0.3, 0.4) is 0 Å². The van der Waals surface area contributed by atoms with Crippen LogP contribution in [0.25, 0.3) is 11.4 Å². The maximum absolute atomic E-state index is 5.52. The fraction of sp³-hybridized carbons (Fsp3) is 0.421. The van der Waals surface area contributed by atoms with E-state index in [4.69, 9.17) is 9.05 Å². The van der Waals surface area contributed by atoms with Crippen molar-refractivity contribution in [3.05, 3.63) is 53.7 Å². The second-order valence-electron chi connectivity index (χ2n) is 6.74. The Labute approximate surface area is 152 Å². The van der Waals surface area contributed by atoms with Crippen LogP contribution in [0.2, 0.25) is 0 Å². The number of piperazine rings is 1. The first-order valence-corrected chi connectivity index (χ1v) is 8.96. The average Bonchev–Trinajstić information content (AvgIpc) is 3.32. The number of aryl methyl sites for hydroxylation is 1. The molecule has 1 aromatic carbocycles. The van der Waals surface area contributed by atoms with Gasteiger partial charge in [-0.2, -0.15) is 4.98 Å². The van der Waals surface area contributed by atoms with E-state index in [1.165, 1.54) is 0 Å². The molecule has 2 aromatic heterocycles. The summed E-state index contributed by atoms with van der Waals surface area (Å²) in [5, 5.41) is 8.21. The van der Waals surface area contributed by atoms with Gasteiger partial charge in [0, 0.05) is 44.4 Å². The molecule has 7 heteroatoms. The second kappa shape index (κ2) is 7.39. The van der Waals surface area contributed by atoms with Crippen molar-refractivity contribution in [1.29, 1.82) is 0 Å². The van der Waals surface area contributed by atoms with Gasteiger partial charge in [-0.1, -0.05) is 40.6 Å². The van der Waals surface area contributed by atoms with Crippen LogP contribution in [0.1, 0.15) is 30.3 Å². The zero-order valence-corrected chi connectivity index (χ0v) is 15.1. The van der Waals surface area contributed by atoms with Crippen molar-refractivity contribution in [2.45, 2.75) is 26.4 Å². The smallest absolute Gasteiger partial charge is 0.244 e. The standard InChI is InChI=1S/C19H23N5O2/c1-14-12-17(21-25-14)13-23-8-10-24(11-9-23)15(2)19-20-18(22-26-19)16-6-4-3-5-7-16/h3-7,12,15H,8-11,13H2,1-2H3. The predicted molar refractivity (Wildman–Crippen MR) is 96.2 cm³/mol. The van der Waals surface area contributed by atoms with Gasteiger partial charge in [0.1, 0.15) is 5.76 Å². The first-order valence-electron chi connectivity index (χ1n) is 8.96. The summed E-state index contributed by atoms with van der Waals surface area (Å²) in [5.41, 5.74) is 1.97. The van der Waals surface area contributed by atoms with Gasteiger partial charge in [-0.05, 0) is 13.8 Å². The molecule has 0 amide bonds. The third kappa shape index (κ3) is 3.68. The van der Waals surface area contributed by atoms with Gasteiger partial charge in [0.05, 0.1) is 11.7 Å². The lowest BCUT2D eigenvalue weighted by Crippen LogP contribution is -2.46. The topological polar surface area (TPSA) is 71.4 Å². The average molecular weight is 353 g/mol. The van der Waals surface area contributed by atoms with Crippen LogP contribution in [-0.4, -0.2) is 51.3 Å². The van der Waals surface area contributed by atoms with Crippen LogP contribution < -0.4 is 0 Å². The summed E-state index contributed by atoms with van der Waals surface area (Å²) in [6, 6.07) is 12.0. The maximum Gasteiger partial charge on any atom is 0.244 e. The maximum atomic E-state index is 5.52. The summed E-state index contributed by atoms with van der Waals surface area (Å²) < 4.78 is 10.7. The van der Waals surface area contributed by atoms with Crippen LogP contribution in [0.4, 0.5) is 0 Å². The van der Waals surface area contributed by atoms with Crippen molar-refractivity contribution in [2.75, 3.05) is 26.2 Å². The molecule has 3 aromatic rings. The SMILES string of the molecule is Cc1cc(CN2CCN(C(C)c3nc(-c4ccccc4)no3)CC2)no1. The van der Waals surface area contributed by atoms with E-state index in [0.717, 1.165) is 49.7 Å². The minimum atomic E-state index is 0.108. The number of rotatable bonds is 5. The van der Waals surface area contributed by atoms with Gasteiger partial charge in [0.15, 0.2) is 0 Å². The van der Waals surface area contributed by atoms with Crippen molar-refractivity contribution in [2.24, 2.45) is 0 Å². The number of aromatic nitrogens is 3. The van der Waals surface area contributed by atoms with E-state index in [-0.39, 0.29) is 6.04 Å². The van der Waals surface area contributed by atoms with Crippen molar-refractivity contribution < 1.29 is 9.05 Å². The van der Waals surface area contributed by atoms with Crippen LogP contribution in [0.5, 0.6) is 0 Å². The minimum absolute atomic E-state index is 0.108. The van der Waals surface area contributed by atoms with Crippen molar-refractivity contribution in [3.8, 4) is 11.4 Å². The summed E-state index contributed by atoms with van der Waals surface area (Å²) >= 11 is 0. The second-order valence-corrected chi connectivity index (χ2v) is 6.74. The zero-order chi connectivity index (χ0) is 17.9. The molecule has 7 nitrogen and oxygen atoms in total. The highest BCUT2D eigenvalue weighted by molar-refractivity contribution is 5.53. The van der Waals surface area contributed by atoms with E-state index in [9.17, 15) is 0 Å². The number of hydrogen-bond acceptors (Lipinski definition) is 7. The van der Waals surface area contributed by atoms with Crippen molar-refractivity contribution in [3.63, 3.8) is 0 Å². The zero-order valence-electron chi connectivity index (χ0n) is 15.1. The predicted octanol–water partition coefficient (Wildman–Crippen LogP) is 2.91. The number of nitrogens with zero attached hydrogens (tertiary/aromatic N) is 5. The van der Waals surface area contributed by atoms with Crippen LogP contribution in [0, 0.1) is 6.92 Å². The highest BCUT2D eigenvalue weighted by Crippen LogP contribution is 2.23. The molecule has 0 radical (unpaired) electrons. The van der Waals surface area contributed by atoms with E-state index < -0.39 is 0 Å². The molecule has 1 saturated heterocycles. The normalized spacial score (nSPS) is 17.5. The van der Waals surface area contributed by atoms with Crippen molar-refractivity contribution in [1.82, 2.24) is 25.1 Å². The minimum Gasteiger partial charge on any atom is -0.361 e. The Morgan fingerprint density at radius 2 is 1.81 bits per heavy atom. The van der Waals surface area contributed by atoms with Gasteiger partial charge >= 0.3 is 0 Å². The van der Waals surface area contributed by atoms with Gasteiger partial charge in [0.2, 0.25) is 11.7 Å². The molecule has 0 bridgehead atoms. The quantitative estimate of drug-likeness (QED) is 0.698. The van der Waals surface area contributed by atoms with E-state index in [1.807, 2.05) is 43.3 Å². The first-order chi connectivity index (χ1) is 12.7. The Morgan fingerprint density at radius 1 is 1.04 bits per heavy atom. The molecule has 1 aliphatic rings. The summed E-state index contributed by atoms with van der Waals surface area (Å²) in [7, 11) is 0. The monoisotopic (exact) mass is 353 g/mol. The van der Waals surface area contributed by atoms with Gasteiger partial charge < -0.3 is 9.05 Å². The molecule has 26 heavy (non-hydrogen) atoms. The summed E-state index contributed by atoms with van der Waals surface area (Å²) in [6.45, 7) is 8.76. The van der Waals surface area contributed by atoms with Gasteiger partial charge in [0.25, 0.3) is 0 Å². The number of hydrogen-bond donors (Lipinski definition) is 0. The Morgan fingerprint density at radius 3 is 2.50 bits per heavy atom. The highest BCUT2D eigenvalue weighted by Gasteiger charge is 2.26. The molecule has 0 N–H and O–H groups in total. The Bertz CT molecular complexity index is 837. The van der Waals surface area contributed by atoms with E-state index in [2.05, 4.69) is 32.0 Å². The molecule has 1 unspecified atom stereocenters. The highest BCUT2D eigenvalue weighted by atomic mass is 16.5. The first kappa shape index (κ1) is 16.9. The fourth-order valence-corrected chi connectivity index (χ4v) is 3.30. The lowest BCUT2D eigenvalue weighted by atomic mass is 10.2. The van der Waals surface area contributed by atoms with Crippen LogP contribution >= 0.6 is 0 Å². The molecule has 0 saturated carbocycles. The lowest BCUT2D eigenvalue weighted by Gasteiger charge is -2.36. The third-order valence-corrected chi connectivity index (χ3v) is 4.85. The summed E-state index contributed by atoms with van der Waals surface area (Å²) in [5.74, 6) is 2.18. The third-order valence-electron chi connectivity index (χ3n) is 4.85. The van der Waals surface area contributed by atoms with E-state index in [0.29, 0.717) is 11.7 Å². The fourth-order valence-electron chi connectivity index (χ4n) is 3.30. The molecule has 136 valence electrons. The van der Waals surface area contributed by atoms with Crippen LogP contribution in [0.15, 0.2) is 45.4 Å². The van der Waals surface area contributed by atoms with E-state index >= 15 is 0 Å². The number of benzene rings is 1. The molecule has 3 heterocycles. The Kier molecular flexibility index (Phi) is 4.81. The summed E-state index contributed by atoms with van der Waals surface area (Å²) in [4.78, 5) is 9.36.